The Morgan fingerprint density at radius 3 is 2.65 bits per heavy atom. The third-order valence-corrected chi connectivity index (χ3v) is 2.80. The molecule has 0 saturated carbocycles. The molecular formula is C14H11FN4O. The summed E-state index contributed by atoms with van der Waals surface area (Å²) in [4.78, 5) is 8.39. The standard InChI is InChI=1S/C14H11FN4O/c15-11-3-1-9(2-4-11)13-18-14(20-19-13)10-5-6-17-12(7-10)8-16/h1-7H,8,16H2. The topological polar surface area (TPSA) is 77.8 Å². The summed E-state index contributed by atoms with van der Waals surface area (Å²) < 4.78 is 18.1. The van der Waals surface area contributed by atoms with Gasteiger partial charge in [-0.1, -0.05) is 5.16 Å². The van der Waals surface area contributed by atoms with Crippen LogP contribution in [0.5, 0.6) is 0 Å². The number of rotatable bonds is 3. The summed E-state index contributed by atoms with van der Waals surface area (Å²) >= 11 is 0. The summed E-state index contributed by atoms with van der Waals surface area (Å²) in [5, 5.41) is 3.89. The highest BCUT2D eigenvalue weighted by molar-refractivity contribution is 5.59. The van der Waals surface area contributed by atoms with Gasteiger partial charge in [0.1, 0.15) is 5.82 Å². The summed E-state index contributed by atoms with van der Waals surface area (Å²) in [6.45, 7) is 0.340. The lowest BCUT2D eigenvalue weighted by Crippen LogP contribution is -1.98. The molecule has 0 radical (unpaired) electrons. The van der Waals surface area contributed by atoms with Gasteiger partial charge in [-0.2, -0.15) is 4.98 Å². The number of hydrogen-bond acceptors (Lipinski definition) is 5. The Balaban J connectivity index is 1.95. The van der Waals surface area contributed by atoms with Crippen molar-refractivity contribution in [3.8, 4) is 22.8 Å². The van der Waals surface area contributed by atoms with Gasteiger partial charge in [-0.05, 0) is 36.4 Å². The van der Waals surface area contributed by atoms with E-state index in [1.54, 1.807) is 30.5 Å². The predicted molar refractivity (Wildman–Crippen MR) is 70.8 cm³/mol. The average Bonchev–Trinajstić information content (AvgIpc) is 2.98. The fourth-order valence-corrected chi connectivity index (χ4v) is 1.78. The fraction of sp³-hybridized carbons (Fsp3) is 0.0714. The molecule has 0 aliphatic carbocycles. The van der Waals surface area contributed by atoms with Crippen LogP contribution in [-0.4, -0.2) is 15.1 Å². The van der Waals surface area contributed by atoms with E-state index < -0.39 is 0 Å². The average molecular weight is 270 g/mol. The Kier molecular flexibility index (Phi) is 3.22. The summed E-state index contributed by atoms with van der Waals surface area (Å²) in [5.41, 5.74) is 7.72. The molecule has 2 heterocycles. The molecule has 20 heavy (non-hydrogen) atoms. The number of aromatic nitrogens is 3. The summed E-state index contributed by atoms with van der Waals surface area (Å²) in [6.07, 6.45) is 1.64. The molecule has 0 amide bonds. The quantitative estimate of drug-likeness (QED) is 0.790. The Labute approximate surface area is 114 Å². The molecule has 0 aliphatic rings. The molecule has 5 nitrogen and oxygen atoms in total. The minimum atomic E-state index is -0.306. The lowest BCUT2D eigenvalue weighted by atomic mass is 10.2. The van der Waals surface area contributed by atoms with Gasteiger partial charge in [0.2, 0.25) is 5.82 Å². The fourth-order valence-electron chi connectivity index (χ4n) is 1.78. The van der Waals surface area contributed by atoms with Crippen molar-refractivity contribution in [2.24, 2.45) is 5.73 Å². The van der Waals surface area contributed by atoms with Crippen molar-refractivity contribution in [2.75, 3.05) is 0 Å². The maximum Gasteiger partial charge on any atom is 0.258 e. The number of halogens is 1. The molecule has 100 valence electrons. The van der Waals surface area contributed by atoms with Crippen molar-refractivity contribution in [1.82, 2.24) is 15.1 Å². The number of nitrogens with zero attached hydrogens (tertiary/aromatic N) is 3. The second-order valence-corrected chi connectivity index (χ2v) is 4.17. The monoisotopic (exact) mass is 270 g/mol. The highest BCUT2D eigenvalue weighted by atomic mass is 19.1. The number of benzene rings is 1. The van der Waals surface area contributed by atoms with Crippen LogP contribution in [0.25, 0.3) is 22.8 Å². The second-order valence-electron chi connectivity index (χ2n) is 4.17. The summed E-state index contributed by atoms with van der Waals surface area (Å²) in [7, 11) is 0. The van der Waals surface area contributed by atoms with Gasteiger partial charge in [0.25, 0.3) is 5.89 Å². The molecule has 0 bridgehead atoms. The van der Waals surface area contributed by atoms with E-state index in [4.69, 9.17) is 10.3 Å². The summed E-state index contributed by atoms with van der Waals surface area (Å²) in [6, 6.07) is 9.46. The minimum Gasteiger partial charge on any atom is -0.334 e. The van der Waals surface area contributed by atoms with Crippen molar-refractivity contribution in [3.63, 3.8) is 0 Å². The van der Waals surface area contributed by atoms with Crippen molar-refractivity contribution >= 4 is 0 Å². The van der Waals surface area contributed by atoms with Gasteiger partial charge >= 0.3 is 0 Å². The van der Waals surface area contributed by atoms with E-state index in [1.807, 2.05) is 0 Å². The molecule has 2 N–H and O–H groups in total. The first kappa shape index (κ1) is 12.4. The molecule has 0 spiro atoms. The zero-order chi connectivity index (χ0) is 13.9. The zero-order valence-corrected chi connectivity index (χ0v) is 10.5. The lowest BCUT2D eigenvalue weighted by molar-refractivity contribution is 0.432. The predicted octanol–water partition coefficient (Wildman–Crippen LogP) is 2.40. The maximum atomic E-state index is 12.9. The van der Waals surface area contributed by atoms with Crippen LogP contribution in [-0.2, 0) is 6.54 Å². The van der Waals surface area contributed by atoms with Crippen LogP contribution in [0.2, 0.25) is 0 Å². The molecule has 0 saturated heterocycles. The van der Waals surface area contributed by atoms with Crippen molar-refractivity contribution in [2.45, 2.75) is 6.54 Å². The van der Waals surface area contributed by atoms with Gasteiger partial charge in [-0.3, -0.25) is 4.98 Å². The van der Waals surface area contributed by atoms with Gasteiger partial charge in [-0.15, -0.1) is 0 Å². The molecule has 0 aliphatic heterocycles. The van der Waals surface area contributed by atoms with Crippen LogP contribution in [0.15, 0.2) is 47.1 Å². The van der Waals surface area contributed by atoms with Crippen molar-refractivity contribution in [1.29, 1.82) is 0 Å². The first-order valence-electron chi connectivity index (χ1n) is 6.01. The van der Waals surface area contributed by atoms with Crippen LogP contribution in [0.1, 0.15) is 5.69 Å². The number of hydrogen-bond donors (Lipinski definition) is 1. The van der Waals surface area contributed by atoms with Crippen LogP contribution in [0, 0.1) is 5.82 Å². The molecule has 2 aromatic heterocycles. The minimum absolute atomic E-state index is 0.306. The van der Waals surface area contributed by atoms with Crippen LogP contribution < -0.4 is 5.73 Å². The highest BCUT2D eigenvalue weighted by Crippen LogP contribution is 2.22. The smallest absolute Gasteiger partial charge is 0.258 e. The highest BCUT2D eigenvalue weighted by Gasteiger charge is 2.11. The second kappa shape index (κ2) is 5.18. The third-order valence-electron chi connectivity index (χ3n) is 2.80. The van der Waals surface area contributed by atoms with Gasteiger partial charge in [0.15, 0.2) is 0 Å². The van der Waals surface area contributed by atoms with E-state index in [-0.39, 0.29) is 5.82 Å². The Hall–Kier alpha value is -2.60. The van der Waals surface area contributed by atoms with E-state index in [2.05, 4.69) is 15.1 Å². The van der Waals surface area contributed by atoms with Gasteiger partial charge in [0.05, 0.1) is 5.69 Å². The number of pyridine rings is 1. The largest absolute Gasteiger partial charge is 0.334 e. The van der Waals surface area contributed by atoms with Gasteiger partial charge < -0.3 is 10.3 Å². The molecule has 3 aromatic rings. The first-order chi connectivity index (χ1) is 9.76. The van der Waals surface area contributed by atoms with Crippen LogP contribution in [0.3, 0.4) is 0 Å². The maximum absolute atomic E-state index is 12.9. The van der Waals surface area contributed by atoms with Crippen LogP contribution in [0.4, 0.5) is 4.39 Å². The third kappa shape index (κ3) is 2.41. The Morgan fingerprint density at radius 1 is 1.10 bits per heavy atom. The van der Waals surface area contributed by atoms with Crippen molar-refractivity contribution in [3.05, 3.63) is 54.1 Å². The Morgan fingerprint density at radius 2 is 1.90 bits per heavy atom. The molecule has 1 aromatic carbocycles. The molecule has 0 unspecified atom stereocenters. The first-order valence-corrected chi connectivity index (χ1v) is 6.01. The SMILES string of the molecule is NCc1cc(-c2nc(-c3ccc(F)cc3)no2)ccn1. The molecule has 6 heteroatoms. The van der Waals surface area contributed by atoms with Crippen LogP contribution >= 0.6 is 0 Å². The normalized spacial score (nSPS) is 10.7. The van der Waals surface area contributed by atoms with E-state index in [1.165, 1.54) is 12.1 Å². The Bertz CT molecular complexity index is 724. The molecule has 0 fully saturated rings. The van der Waals surface area contributed by atoms with E-state index in [0.717, 1.165) is 11.3 Å². The zero-order valence-electron chi connectivity index (χ0n) is 10.5. The molecule has 3 rings (SSSR count). The van der Waals surface area contributed by atoms with Gasteiger partial charge in [0, 0.05) is 23.9 Å². The molecular weight excluding hydrogens is 259 g/mol. The van der Waals surface area contributed by atoms with E-state index >= 15 is 0 Å². The van der Waals surface area contributed by atoms with E-state index in [9.17, 15) is 4.39 Å². The lowest BCUT2D eigenvalue weighted by Gasteiger charge is -1.97. The van der Waals surface area contributed by atoms with E-state index in [0.29, 0.717) is 23.8 Å². The molecule has 0 atom stereocenters. The summed E-state index contributed by atoms with van der Waals surface area (Å²) in [5.74, 6) is 0.478. The number of nitrogens with two attached hydrogens (primary N) is 1. The van der Waals surface area contributed by atoms with Crippen molar-refractivity contribution < 1.29 is 8.91 Å². The van der Waals surface area contributed by atoms with Gasteiger partial charge in [-0.25, -0.2) is 4.39 Å².